The molecule has 0 radical (unpaired) electrons. The second-order valence-electron chi connectivity index (χ2n) is 4.66. The fourth-order valence-corrected chi connectivity index (χ4v) is 4.31. The number of carbonyl (C=O) groups excluding carboxylic acids is 1. The van der Waals surface area contributed by atoms with Crippen LogP contribution in [-0.4, -0.2) is 25.5 Å². The summed E-state index contributed by atoms with van der Waals surface area (Å²) >= 11 is 3.28. The number of rotatable bonds is 3. The van der Waals surface area contributed by atoms with Crippen molar-refractivity contribution in [2.75, 3.05) is 19.6 Å². The van der Waals surface area contributed by atoms with E-state index >= 15 is 0 Å². The topological polar surface area (TPSA) is 41.1 Å². The van der Waals surface area contributed by atoms with Crippen LogP contribution >= 0.6 is 22.7 Å². The Labute approximate surface area is 114 Å². The number of nitrogens with one attached hydrogen (secondary N) is 2. The lowest BCUT2D eigenvalue weighted by Gasteiger charge is -2.22. The Morgan fingerprint density at radius 2 is 2.22 bits per heavy atom. The second-order valence-corrected chi connectivity index (χ2v) is 6.69. The lowest BCUT2D eigenvalue weighted by molar-refractivity contribution is 0.0948. The third-order valence-corrected chi connectivity index (χ3v) is 5.47. The Bertz CT molecular complexity index is 511. The molecule has 0 spiro atoms. The summed E-state index contributed by atoms with van der Waals surface area (Å²) < 4.78 is 2.43. The highest BCUT2D eigenvalue weighted by atomic mass is 32.1. The van der Waals surface area contributed by atoms with Gasteiger partial charge in [0.15, 0.2) is 0 Å². The molecule has 0 aliphatic carbocycles. The van der Waals surface area contributed by atoms with Crippen molar-refractivity contribution in [1.29, 1.82) is 0 Å². The van der Waals surface area contributed by atoms with E-state index in [1.54, 1.807) is 22.7 Å². The Morgan fingerprint density at radius 3 is 3.00 bits per heavy atom. The first-order valence-corrected chi connectivity index (χ1v) is 7.98. The van der Waals surface area contributed by atoms with E-state index in [-0.39, 0.29) is 5.91 Å². The predicted molar refractivity (Wildman–Crippen MR) is 77.6 cm³/mol. The van der Waals surface area contributed by atoms with Crippen LogP contribution in [-0.2, 0) is 0 Å². The first-order chi connectivity index (χ1) is 8.83. The minimum atomic E-state index is 0.0851. The summed E-state index contributed by atoms with van der Waals surface area (Å²) in [6.07, 6.45) is 2.33. The minimum Gasteiger partial charge on any atom is -0.351 e. The van der Waals surface area contributed by atoms with Gasteiger partial charge in [0.05, 0.1) is 4.88 Å². The maximum atomic E-state index is 12.0. The summed E-state index contributed by atoms with van der Waals surface area (Å²) in [7, 11) is 0. The Balaban J connectivity index is 1.59. The van der Waals surface area contributed by atoms with Crippen molar-refractivity contribution in [3.8, 4) is 0 Å². The van der Waals surface area contributed by atoms with Gasteiger partial charge >= 0.3 is 0 Å². The molecule has 0 saturated carbocycles. The molecule has 2 N–H and O–H groups in total. The van der Waals surface area contributed by atoms with Crippen LogP contribution in [0.1, 0.15) is 22.5 Å². The van der Waals surface area contributed by atoms with E-state index < -0.39 is 0 Å². The highest BCUT2D eigenvalue weighted by Crippen LogP contribution is 2.29. The molecule has 0 aromatic carbocycles. The van der Waals surface area contributed by atoms with Crippen LogP contribution in [0.2, 0.25) is 0 Å². The predicted octanol–water partition coefficient (Wildman–Crippen LogP) is 2.69. The van der Waals surface area contributed by atoms with Gasteiger partial charge in [-0.1, -0.05) is 0 Å². The molecular formula is C13H16N2OS2. The minimum absolute atomic E-state index is 0.0851. The van der Waals surface area contributed by atoms with Crippen molar-refractivity contribution in [1.82, 2.24) is 10.6 Å². The van der Waals surface area contributed by atoms with Gasteiger partial charge in [-0.15, -0.1) is 22.7 Å². The molecule has 5 heteroatoms. The molecule has 1 saturated heterocycles. The molecule has 96 valence electrons. The largest absolute Gasteiger partial charge is 0.351 e. The molecule has 2 aromatic rings. The summed E-state index contributed by atoms with van der Waals surface area (Å²) in [5.74, 6) is 0.721. The standard InChI is InChI=1S/C13H16N2OS2/c16-13(15-8-9-1-4-14-5-2-9)12-7-11-10(18-12)3-6-17-11/h3,6-7,9,14H,1-2,4-5,8H2,(H,15,16). The van der Waals surface area contributed by atoms with Gasteiger partial charge in [-0.3, -0.25) is 4.79 Å². The molecule has 1 aliphatic heterocycles. The van der Waals surface area contributed by atoms with E-state index in [1.165, 1.54) is 22.2 Å². The van der Waals surface area contributed by atoms with Gasteiger partial charge in [0.1, 0.15) is 0 Å². The van der Waals surface area contributed by atoms with E-state index in [1.807, 2.05) is 6.07 Å². The highest BCUT2D eigenvalue weighted by molar-refractivity contribution is 7.27. The zero-order valence-corrected chi connectivity index (χ0v) is 11.7. The average molecular weight is 280 g/mol. The molecule has 2 aromatic heterocycles. The maximum absolute atomic E-state index is 12.0. The molecule has 1 aliphatic rings. The molecule has 3 nitrogen and oxygen atoms in total. The fourth-order valence-electron chi connectivity index (χ4n) is 2.29. The fraction of sp³-hybridized carbons (Fsp3) is 0.462. The van der Waals surface area contributed by atoms with Gasteiger partial charge in [0.2, 0.25) is 0 Å². The first kappa shape index (κ1) is 12.1. The van der Waals surface area contributed by atoms with Crippen LogP contribution < -0.4 is 10.6 Å². The summed E-state index contributed by atoms with van der Waals surface area (Å²) in [5, 5.41) is 8.47. The summed E-state index contributed by atoms with van der Waals surface area (Å²) in [6.45, 7) is 2.97. The number of thiophene rings is 2. The number of piperidine rings is 1. The number of amides is 1. The highest BCUT2D eigenvalue weighted by Gasteiger charge is 2.15. The zero-order chi connectivity index (χ0) is 12.4. The monoisotopic (exact) mass is 280 g/mol. The van der Waals surface area contributed by atoms with E-state index in [9.17, 15) is 4.79 Å². The molecule has 1 amide bonds. The van der Waals surface area contributed by atoms with Gasteiger partial charge in [-0.2, -0.15) is 0 Å². The maximum Gasteiger partial charge on any atom is 0.261 e. The van der Waals surface area contributed by atoms with Crippen molar-refractivity contribution < 1.29 is 4.79 Å². The van der Waals surface area contributed by atoms with Gasteiger partial charge in [0, 0.05) is 15.9 Å². The van der Waals surface area contributed by atoms with Crippen molar-refractivity contribution in [2.24, 2.45) is 5.92 Å². The van der Waals surface area contributed by atoms with E-state index in [4.69, 9.17) is 0 Å². The molecule has 0 bridgehead atoms. The number of fused-ring (bicyclic) bond motifs is 1. The molecule has 3 heterocycles. The Hall–Kier alpha value is -0.910. The van der Waals surface area contributed by atoms with Crippen molar-refractivity contribution in [3.63, 3.8) is 0 Å². The third kappa shape index (κ3) is 2.58. The average Bonchev–Trinajstić information content (AvgIpc) is 2.98. The molecule has 0 unspecified atom stereocenters. The molecule has 0 atom stereocenters. The number of carbonyl (C=O) groups is 1. The van der Waals surface area contributed by atoms with Gasteiger partial charge in [-0.25, -0.2) is 0 Å². The third-order valence-electron chi connectivity index (χ3n) is 3.37. The summed E-state index contributed by atoms with van der Waals surface area (Å²) in [4.78, 5) is 12.9. The molecule has 18 heavy (non-hydrogen) atoms. The van der Waals surface area contributed by atoms with Crippen LogP contribution in [0.15, 0.2) is 17.5 Å². The molecule has 3 rings (SSSR count). The van der Waals surface area contributed by atoms with E-state index in [0.717, 1.165) is 24.5 Å². The van der Waals surface area contributed by atoms with Crippen molar-refractivity contribution >= 4 is 38.0 Å². The van der Waals surface area contributed by atoms with Gasteiger partial charge in [-0.05, 0) is 49.4 Å². The van der Waals surface area contributed by atoms with E-state index in [0.29, 0.717) is 5.92 Å². The smallest absolute Gasteiger partial charge is 0.261 e. The van der Waals surface area contributed by atoms with Gasteiger partial charge in [0.25, 0.3) is 5.91 Å². The number of hydrogen-bond acceptors (Lipinski definition) is 4. The zero-order valence-electron chi connectivity index (χ0n) is 10.1. The lowest BCUT2D eigenvalue weighted by atomic mass is 9.98. The quantitative estimate of drug-likeness (QED) is 0.907. The Morgan fingerprint density at radius 1 is 1.39 bits per heavy atom. The Kier molecular flexibility index (Phi) is 3.63. The first-order valence-electron chi connectivity index (χ1n) is 6.29. The van der Waals surface area contributed by atoms with Gasteiger partial charge < -0.3 is 10.6 Å². The molecule has 1 fully saturated rings. The van der Waals surface area contributed by atoms with Crippen molar-refractivity contribution in [3.05, 3.63) is 22.4 Å². The van der Waals surface area contributed by atoms with Crippen LogP contribution in [0, 0.1) is 5.92 Å². The lowest BCUT2D eigenvalue weighted by Crippen LogP contribution is -2.35. The van der Waals surface area contributed by atoms with Crippen LogP contribution in [0.4, 0.5) is 0 Å². The summed E-state index contributed by atoms with van der Waals surface area (Å²) in [5.41, 5.74) is 0. The second kappa shape index (κ2) is 5.38. The van der Waals surface area contributed by atoms with Crippen LogP contribution in [0.25, 0.3) is 9.40 Å². The normalized spacial score (nSPS) is 17.1. The number of hydrogen-bond donors (Lipinski definition) is 2. The SMILES string of the molecule is O=C(NCC1CCNCC1)c1cc2sccc2s1. The van der Waals surface area contributed by atoms with Crippen molar-refractivity contribution in [2.45, 2.75) is 12.8 Å². The van der Waals surface area contributed by atoms with E-state index in [2.05, 4.69) is 22.1 Å². The van der Waals surface area contributed by atoms with Crippen LogP contribution in [0.5, 0.6) is 0 Å². The summed E-state index contributed by atoms with van der Waals surface area (Å²) in [6, 6.07) is 4.08. The van der Waals surface area contributed by atoms with Crippen LogP contribution in [0.3, 0.4) is 0 Å². The molecular weight excluding hydrogens is 264 g/mol.